The number of imidazole rings is 1. The van der Waals surface area contributed by atoms with E-state index in [0.29, 0.717) is 31.4 Å². The Labute approximate surface area is 431 Å². The Morgan fingerprint density at radius 1 is 0.757 bits per heavy atom. The lowest BCUT2D eigenvalue weighted by atomic mass is 9.96. The minimum Gasteiger partial charge on any atom is -0.481 e. The molecule has 0 aliphatic carbocycles. The fourth-order valence-electron chi connectivity index (χ4n) is 8.14. The van der Waals surface area contributed by atoms with E-state index in [4.69, 9.17) is 11.5 Å². The highest BCUT2D eigenvalue weighted by Crippen LogP contribution is 2.21. The Balaban J connectivity index is 2.36. The van der Waals surface area contributed by atoms with Gasteiger partial charge in [0.25, 0.3) is 5.91 Å². The lowest BCUT2D eigenvalue weighted by Gasteiger charge is -2.32. The fraction of sp³-hybridized carbons (Fsp3) is 0.688. The number of aromatic nitrogens is 2. The number of carbonyl (C=O) groups excluding carboxylic acids is 11. The zero-order chi connectivity index (χ0) is 55.8. The molecule has 1 aromatic rings. The van der Waals surface area contributed by atoms with Crippen molar-refractivity contribution in [1.29, 1.82) is 0 Å². The Bertz CT molecular complexity index is 2100. The molecule has 9 atom stereocenters. The topological polar surface area (TPSA) is 405 Å². The van der Waals surface area contributed by atoms with E-state index in [1.807, 2.05) is 0 Å². The maximum Gasteiger partial charge on any atom is 0.303 e. The molecule has 1 aliphatic heterocycles. The summed E-state index contributed by atoms with van der Waals surface area (Å²) in [5.74, 6) is -10.8. The van der Waals surface area contributed by atoms with Crippen molar-refractivity contribution < 1.29 is 62.6 Å². The maximum absolute atomic E-state index is 14.4. The predicted octanol–water partition coefficient (Wildman–Crippen LogP) is -2.46. The molecule has 0 unspecified atom stereocenters. The highest BCUT2D eigenvalue weighted by Gasteiger charge is 2.41. The van der Waals surface area contributed by atoms with Gasteiger partial charge in [-0.3, -0.25) is 57.5 Å². The van der Waals surface area contributed by atoms with Gasteiger partial charge in [0.1, 0.15) is 48.3 Å². The van der Waals surface area contributed by atoms with Gasteiger partial charge < -0.3 is 69.0 Å². The van der Waals surface area contributed by atoms with Crippen LogP contribution in [0, 0.1) is 23.7 Å². The summed E-state index contributed by atoms with van der Waals surface area (Å²) in [4.78, 5) is 165. The molecular weight excluding hydrogens is 967 g/mol. The Hall–Kier alpha value is -6.99. The molecule has 1 saturated heterocycles. The van der Waals surface area contributed by atoms with E-state index in [-0.39, 0.29) is 56.9 Å². The van der Waals surface area contributed by atoms with Gasteiger partial charge in [-0.05, 0) is 75.2 Å². The molecule has 0 radical (unpaired) electrons. The highest BCUT2D eigenvalue weighted by atomic mass is 16.4. The number of nitrogens with zero attached hydrogens (tertiary/aromatic N) is 2. The van der Waals surface area contributed by atoms with Crippen LogP contribution in [-0.4, -0.2) is 159 Å². The maximum atomic E-state index is 14.4. The molecular formula is C48H79N13O13. The molecule has 10 amide bonds. The number of primary amides is 1. The molecule has 2 rings (SSSR count). The van der Waals surface area contributed by atoms with Crippen LogP contribution in [0.25, 0.3) is 0 Å². The number of H-pyrrole nitrogens is 1. The summed E-state index contributed by atoms with van der Waals surface area (Å²) in [7, 11) is 0. The van der Waals surface area contributed by atoms with Gasteiger partial charge >= 0.3 is 5.97 Å². The first-order chi connectivity index (χ1) is 34.8. The van der Waals surface area contributed by atoms with Gasteiger partial charge in [-0.25, -0.2) is 4.98 Å². The number of nitrogens with one attached hydrogen (secondary N) is 9. The van der Waals surface area contributed by atoms with Crippen molar-refractivity contribution in [2.75, 3.05) is 19.6 Å². The average molecular weight is 1050 g/mol. The molecule has 74 heavy (non-hydrogen) atoms. The van der Waals surface area contributed by atoms with E-state index in [1.165, 1.54) is 17.4 Å². The van der Waals surface area contributed by atoms with Crippen LogP contribution in [0.3, 0.4) is 0 Å². The molecule has 1 fully saturated rings. The first-order valence-electron chi connectivity index (χ1n) is 25.2. The number of aliphatic carboxylic acids is 1. The third-order valence-electron chi connectivity index (χ3n) is 12.5. The minimum absolute atomic E-state index is 0.0183. The number of nitrogens with two attached hydrogens (primary N) is 2. The third kappa shape index (κ3) is 20.9. The number of likely N-dealkylation sites (tertiary alicyclic amines) is 1. The second kappa shape index (κ2) is 31.6. The highest BCUT2D eigenvalue weighted by molar-refractivity contribution is 6.24. The summed E-state index contributed by atoms with van der Waals surface area (Å²) in [6.45, 7) is 13.4. The zero-order valence-electron chi connectivity index (χ0n) is 43.7. The first kappa shape index (κ1) is 63.1. The normalized spacial score (nSPS) is 16.5. The number of carboxylic acids is 1. The summed E-state index contributed by atoms with van der Waals surface area (Å²) >= 11 is 0. The lowest BCUT2D eigenvalue weighted by molar-refractivity contribution is -0.144. The Morgan fingerprint density at radius 3 is 1.92 bits per heavy atom. The van der Waals surface area contributed by atoms with Crippen molar-refractivity contribution in [3.05, 3.63) is 18.2 Å². The molecule has 0 spiro atoms. The van der Waals surface area contributed by atoms with Gasteiger partial charge in [0, 0.05) is 31.3 Å². The van der Waals surface area contributed by atoms with Crippen molar-refractivity contribution in [2.45, 2.75) is 168 Å². The monoisotopic (exact) mass is 1050 g/mol. The van der Waals surface area contributed by atoms with Crippen LogP contribution in [0.15, 0.2) is 12.5 Å². The van der Waals surface area contributed by atoms with Gasteiger partial charge in [0.2, 0.25) is 59.5 Å². The van der Waals surface area contributed by atoms with Crippen LogP contribution in [0.2, 0.25) is 0 Å². The number of hydrogen-bond acceptors (Lipinski definition) is 14. The van der Waals surface area contributed by atoms with E-state index >= 15 is 0 Å². The van der Waals surface area contributed by atoms with Crippen molar-refractivity contribution in [1.82, 2.24) is 57.4 Å². The standard InChI is InChI=1S/C48H79N13O13/c1-9-28(8)40(59-36(64)23-62)47(73)56-32(19-25(2)3)44(70)54-30(13-10-11-17-49)43(69)55-31(15-16-37(65)66)48(74)61-18-12-14-34(61)45(71)60-39(27(6)7)46(72)57-33(20-29-21-51-24-53-29)42(68)52-22-35(63)58-38(26(4)5)41(50)67/h21,23-28,30-34,38-40H,9-20,22,49H2,1-8H3,(H2,50,67)(H,51,53)(H,52,68)(H,54,70)(H,55,69)(H,56,73)(H,57,72)(H,58,63)(H,59,64)(H,60,71)(H,65,66)/t28-,30-,31-,32-,33-,34-,38-,39-,40-/m0/s1. The van der Waals surface area contributed by atoms with E-state index in [2.05, 4.69) is 52.5 Å². The number of hydrogen-bond donors (Lipinski definition) is 12. The molecule has 1 aromatic heterocycles. The predicted molar refractivity (Wildman–Crippen MR) is 267 cm³/mol. The van der Waals surface area contributed by atoms with E-state index in [9.17, 15) is 62.6 Å². The van der Waals surface area contributed by atoms with Crippen LogP contribution in [0.5, 0.6) is 0 Å². The molecule has 2 heterocycles. The smallest absolute Gasteiger partial charge is 0.303 e. The van der Waals surface area contributed by atoms with Crippen LogP contribution < -0.4 is 54.0 Å². The zero-order valence-corrected chi connectivity index (χ0v) is 43.7. The lowest BCUT2D eigenvalue weighted by Crippen LogP contribution is -2.61. The Morgan fingerprint density at radius 2 is 1.36 bits per heavy atom. The summed E-state index contributed by atoms with van der Waals surface area (Å²) in [5, 5.41) is 30.2. The molecule has 0 saturated carbocycles. The average Bonchev–Trinajstić information content (AvgIpc) is 4.06. The van der Waals surface area contributed by atoms with Crippen LogP contribution in [0.1, 0.15) is 119 Å². The number of rotatable bonds is 33. The van der Waals surface area contributed by atoms with Crippen molar-refractivity contribution in [3.63, 3.8) is 0 Å². The van der Waals surface area contributed by atoms with Crippen molar-refractivity contribution in [2.24, 2.45) is 35.1 Å². The summed E-state index contributed by atoms with van der Waals surface area (Å²) in [6.07, 6.45) is 3.48. The number of amides is 10. The van der Waals surface area contributed by atoms with Crippen LogP contribution in [-0.2, 0) is 64.0 Å². The molecule has 26 heteroatoms. The SMILES string of the molecule is CC[C@H](C)[C@H](NC(=O)C=O)C(=O)N[C@@H](CC(C)C)C(=O)N[C@@H](CCCCN)C(=O)N[C@@H](CCC(=O)O)C(=O)N1CCC[C@H]1C(=O)N[C@H](C(=O)N[C@@H](Cc1cnc[nH]1)C(=O)NCC(=O)N[C@H](C(N)=O)C(C)C)C(C)C. The van der Waals surface area contributed by atoms with E-state index in [0.717, 1.165) is 0 Å². The molecule has 0 aromatic carbocycles. The largest absolute Gasteiger partial charge is 0.481 e. The van der Waals surface area contributed by atoms with Gasteiger partial charge in [-0.15, -0.1) is 0 Å². The van der Waals surface area contributed by atoms with E-state index < -0.39 is 145 Å². The van der Waals surface area contributed by atoms with Crippen LogP contribution in [0.4, 0.5) is 0 Å². The fourth-order valence-corrected chi connectivity index (χ4v) is 8.14. The number of aromatic amines is 1. The second-order valence-corrected chi connectivity index (χ2v) is 19.7. The molecule has 414 valence electrons. The number of carboxylic acid groups (broad SMARTS) is 1. The second-order valence-electron chi connectivity index (χ2n) is 19.7. The molecule has 14 N–H and O–H groups in total. The van der Waals surface area contributed by atoms with Gasteiger partial charge in [-0.1, -0.05) is 61.8 Å². The Kier molecular flexibility index (Phi) is 26.9. The molecule has 26 nitrogen and oxygen atoms in total. The minimum atomic E-state index is -1.51. The van der Waals surface area contributed by atoms with Crippen molar-refractivity contribution >= 4 is 71.3 Å². The summed E-state index contributed by atoms with van der Waals surface area (Å²) in [6, 6.07) is -9.98. The number of carbonyl (C=O) groups is 12. The molecule has 1 aliphatic rings. The first-order valence-corrected chi connectivity index (χ1v) is 25.2. The quantitative estimate of drug-likeness (QED) is 0.0197. The number of unbranched alkanes of at least 4 members (excludes halogenated alkanes) is 1. The van der Waals surface area contributed by atoms with E-state index in [1.54, 1.807) is 55.4 Å². The summed E-state index contributed by atoms with van der Waals surface area (Å²) in [5.41, 5.74) is 11.6. The van der Waals surface area contributed by atoms with Gasteiger partial charge in [0.15, 0.2) is 0 Å². The summed E-state index contributed by atoms with van der Waals surface area (Å²) < 4.78 is 0. The number of aldehydes is 1. The third-order valence-corrected chi connectivity index (χ3v) is 12.5. The van der Waals surface area contributed by atoms with Crippen molar-refractivity contribution in [3.8, 4) is 0 Å². The van der Waals surface area contributed by atoms with Gasteiger partial charge in [0.05, 0.1) is 12.9 Å². The molecule has 0 bridgehead atoms. The van der Waals surface area contributed by atoms with Crippen LogP contribution >= 0.6 is 0 Å². The van der Waals surface area contributed by atoms with Gasteiger partial charge in [-0.2, -0.15) is 0 Å².